The van der Waals surface area contributed by atoms with E-state index in [1.165, 1.54) is 102 Å². The summed E-state index contributed by atoms with van der Waals surface area (Å²) in [6, 6.07) is 13.0. The fourth-order valence-electron chi connectivity index (χ4n) is 9.92. The molecule has 0 aromatic heterocycles. The van der Waals surface area contributed by atoms with Gasteiger partial charge in [-0.05, 0) is 96.5 Å². The van der Waals surface area contributed by atoms with Crippen molar-refractivity contribution in [2.75, 3.05) is 0 Å². The molecule has 0 radical (unpaired) electrons. The maximum Gasteiger partial charge on any atom is 0.296 e. The topological polar surface area (TPSA) is 217 Å². The Balaban J connectivity index is 0.000000380. The lowest BCUT2D eigenvalue weighted by atomic mass is 9.91. The first-order valence-electron chi connectivity index (χ1n) is 27.3. The molecule has 0 saturated heterocycles. The van der Waals surface area contributed by atoms with Gasteiger partial charge in [-0.15, -0.1) is 0 Å². The summed E-state index contributed by atoms with van der Waals surface area (Å²) in [5, 5.41) is 1.03. The van der Waals surface area contributed by atoms with Gasteiger partial charge in [-0.3, -0.25) is 18.2 Å². The van der Waals surface area contributed by atoms with Gasteiger partial charge in [-0.1, -0.05) is 218 Å². The zero-order valence-corrected chi connectivity index (χ0v) is 47.2. The van der Waals surface area contributed by atoms with Crippen molar-refractivity contribution in [2.45, 2.75) is 253 Å². The monoisotopic (exact) mass is 1080 g/mol. The first kappa shape index (κ1) is 63.3. The third kappa shape index (κ3) is 21.7. The Morgan fingerprint density at radius 3 is 0.972 bits per heavy atom. The molecule has 0 aliphatic heterocycles. The fraction of sp³-hybridized carbons (Fsp3) is 0.643. The Morgan fingerprint density at radius 2 is 0.639 bits per heavy atom. The molecular formula is C56H88O12S4. The third-order valence-electron chi connectivity index (χ3n) is 13.7. The number of hydrogen-bond acceptors (Lipinski definition) is 8. The Morgan fingerprint density at radius 1 is 0.333 bits per heavy atom. The molecule has 16 heteroatoms. The van der Waals surface area contributed by atoms with Crippen molar-refractivity contribution in [3.63, 3.8) is 0 Å². The number of fused-ring (bicyclic) bond motifs is 2. The van der Waals surface area contributed by atoms with Crippen molar-refractivity contribution in [2.24, 2.45) is 0 Å². The molecule has 4 rings (SSSR count). The average molecular weight is 1080 g/mol. The molecule has 4 aromatic carbocycles. The Bertz CT molecular complexity index is 2630. The number of unbranched alkanes of at least 4 members (excludes halogenated alkanes) is 24. The van der Waals surface area contributed by atoms with E-state index >= 15 is 0 Å². The van der Waals surface area contributed by atoms with Crippen LogP contribution in [0.1, 0.15) is 230 Å². The molecule has 4 N–H and O–H groups in total. The molecule has 0 heterocycles. The van der Waals surface area contributed by atoms with E-state index in [-0.39, 0.29) is 10.8 Å². The van der Waals surface area contributed by atoms with Gasteiger partial charge in [0.05, 0.1) is 0 Å². The second kappa shape index (κ2) is 32.5. The van der Waals surface area contributed by atoms with Crippen LogP contribution in [-0.4, -0.2) is 51.9 Å². The zero-order valence-electron chi connectivity index (χ0n) is 43.9. The van der Waals surface area contributed by atoms with Crippen LogP contribution in [-0.2, 0) is 66.2 Å². The predicted molar refractivity (Wildman–Crippen MR) is 294 cm³/mol. The summed E-state index contributed by atoms with van der Waals surface area (Å²) in [7, 11) is -19.2. The van der Waals surface area contributed by atoms with E-state index < -0.39 is 60.1 Å². The van der Waals surface area contributed by atoms with Crippen molar-refractivity contribution in [1.82, 2.24) is 0 Å². The van der Waals surface area contributed by atoms with E-state index in [4.69, 9.17) is 0 Å². The highest BCUT2D eigenvalue weighted by Gasteiger charge is 2.32. The molecule has 0 fully saturated rings. The Labute approximate surface area is 435 Å². The van der Waals surface area contributed by atoms with E-state index in [0.29, 0.717) is 48.4 Å². The number of aryl methyl sites for hydroxylation is 3. The van der Waals surface area contributed by atoms with Crippen LogP contribution >= 0.6 is 0 Å². The normalized spacial score (nSPS) is 12.4. The summed E-state index contributed by atoms with van der Waals surface area (Å²) >= 11 is 0. The first-order chi connectivity index (χ1) is 34.2. The van der Waals surface area contributed by atoms with Crippen LogP contribution in [0, 0.1) is 0 Å². The second-order valence-corrected chi connectivity index (χ2v) is 25.3. The number of rotatable bonds is 36. The third-order valence-corrected chi connectivity index (χ3v) is 17.5. The minimum Gasteiger partial charge on any atom is -0.282 e. The van der Waals surface area contributed by atoms with Gasteiger partial charge in [0.15, 0.2) is 0 Å². The lowest BCUT2D eigenvalue weighted by Gasteiger charge is -2.20. The van der Waals surface area contributed by atoms with Crippen molar-refractivity contribution in [1.29, 1.82) is 0 Å². The van der Waals surface area contributed by atoms with Gasteiger partial charge in [0.1, 0.15) is 19.6 Å². The SMILES string of the molecule is CCCCCCCCCc1c(S(=O)(=O)O)c(S(=O)(=O)O)c2ccccc2c1CCCCCCCCC.CCCCCCCCCc1cc(S(=O)(=O)O)c2c(S(=O)(=O)O)cc(CCCCCCCCC)cc2c1. The standard InChI is InChI=1S/2C28H44O6S2/c1-3-5-7-9-11-13-15-19-23-24-20-17-18-22-26(24)28(36(32,33)34)27(35(29,30)31)25(23)21-16-14-12-10-8-6-4-2;1-3-5-7-9-11-13-15-17-23-19-25-20-24(18-16-14-12-10-8-6-4-2)22-27(36(32,33)34)28(25)26(21-23)35(29,30)31/h17-18,20,22H,3-16,19,21H2,1-2H3,(H,29,30,31)(H,32,33,34);19-22H,3-18H2,1-2H3,(H,29,30,31)(H,32,33,34). The van der Waals surface area contributed by atoms with Crippen LogP contribution in [0.2, 0.25) is 0 Å². The smallest absolute Gasteiger partial charge is 0.282 e. The molecule has 0 saturated carbocycles. The summed E-state index contributed by atoms with van der Waals surface area (Å²) in [4.78, 5) is -2.28. The van der Waals surface area contributed by atoms with Crippen LogP contribution in [0.5, 0.6) is 0 Å². The number of hydrogen-bond donors (Lipinski definition) is 4. The van der Waals surface area contributed by atoms with Gasteiger partial charge in [0, 0.05) is 10.8 Å². The van der Waals surface area contributed by atoms with Crippen molar-refractivity contribution in [3.05, 3.63) is 70.8 Å². The number of benzene rings is 4. The van der Waals surface area contributed by atoms with Crippen LogP contribution < -0.4 is 0 Å². The highest BCUT2D eigenvalue weighted by atomic mass is 32.2. The zero-order chi connectivity index (χ0) is 53.2. The molecule has 12 nitrogen and oxygen atoms in total. The molecule has 72 heavy (non-hydrogen) atoms. The average Bonchev–Trinajstić information content (AvgIpc) is 3.31. The summed E-state index contributed by atoms with van der Waals surface area (Å²) in [6.45, 7) is 8.71. The van der Waals surface area contributed by atoms with Crippen LogP contribution in [0.3, 0.4) is 0 Å². The molecule has 0 unspecified atom stereocenters. The van der Waals surface area contributed by atoms with Crippen molar-refractivity contribution >= 4 is 62.0 Å². The molecule has 0 amide bonds. The highest BCUT2D eigenvalue weighted by molar-refractivity contribution is 7.89. The first-order valence-corrected chi connectivity index (χ1v) is 33.0. The maximum atomic E-state index is 12.6. The van der Waals surface area contributed by atoms with Crippen LogP contribution in [0.15, 0.2) is 68.1 Å². The predicted octanol–water partition coefficient (Wildman–Crippen LogP) is 15.8. The largest absolute Gasteiger partial charge is 0.296 e. The Hall–Kier alpha value is -2.96. The van der Waals surface area contributed by atoms with E-state index in [9.17, 15) is 51.9 Å². The molecule has 0 bridgehead atoms. The van der Waals surface area contributed by atoms with E-state index in [1.807, 2.05) is 0 Å². The molecule has 0 atom stereocenters. The molecule has 0 spiro atoms. The van der Waals surface area contributed by atoms with E-state index in [1.54, 1.807) is 30.3 Å². The molecular weight excluding hydrogens is 993 g/mol. The van der Waals surface area contributed by atoms with Gasteiger partial charge < -0.3 is 0 Å². The van der Waals surface area contributed by atoms with Crippen LogP contribution in [0.4, 0.5) is 0 Å². The van der Waals surface area contributed by atoms with Gasteiger partial charge in [0.2, 0.25) is 0 Å². The van der Waals surface area contributed by atoms with Gasteiger partial charge >= 0.3 is 0 Å². The van der Waals surface area contributed by atoms with Gasteiger partial charge in [0.25, 0.3) is 40.5 Å². The lowest BCUT2D eigenvalue weighted by Crippen LogP contribution is -2.15. The van der Waals surface area contributed by atoms with Crippen molar-refractivity contribution < 1.29 is 51.9 Å². The molecule has 0 aliphatic carbocycles. The Kier molecular flexibility index (Phi) is 28.6. The van der Waals surface area contributed by atoms with Crippen LogP contribution in [0.25, 0.3) is 21.5 Å². The summed E-state index contributed by atoms with van der Waals surface area (Å²) < 4.78 is 139. The summed E-state index contributed by atoms with van der Waals surface area (Å²) in [5.41, 5.74) is 2.57. The van der Waals surface area contributed by atoms with Gasteiger partial charge in [-0.2, -0.15) is 33.7 Å². The van der Waals surface area contributed by atoms with Gasteiger partial charge in [-0.25, -0.2) is 0 Å². The van der Waals surface area contributed by atoms with Crippen molar-refractivity contribution in [3.8, 4) is 0 Å². The van der Waals surface area contributed by atoms with E-state index in [0.717, 1.165) is 107 Å². The quantitative estimate of drug-likeness (QED) is 0.0247. The van der Waals surface area contributed by atoms with E-state index in [2.05, 4.69) is 27.7 Å². The molecule has 4 aromatic rings. The summed E-state index contributed by atoms with van der Waals surface area (Å²) in [6.07, 6.45) is 32.9. The summed E-state index contributed by atoms with van der Waals surface area (Å²) in [5.74, 6) is 0. The second-order valence-electron chi connectivity index (χ2n) is 19.8. The minimum absolute atomic E-state index is 0.133. The lowest BCUT2D eigenvalue weighted by molar-refractivity contribution is 0.465. The molecule has 0 aliphatic rings. The minimum atomic E-state index is -4.91. The molecule has 408 valence electrons. The fourth-order valence-corrected chi connectivity index (χ4v) is 13.9. The maximum absolute atomic E-state index is 12.6. The highest BCUT2D eigenvalue weighted by Crippen LogP contribution is 2.39.